The molecule has 1 aromatic heterocycles. The first-order valence-electron chi connectivity index (χ1n) is 12.2. The summed E-state index contributed by atoms with van der Waals surface area (Å²) in [5.74, 6) is -2.39. The summed E-state index contributed by atoms with van der Waals surface area (Å²) >= 11 is 0. The molecule has 0 bridgehead atoms. The lowest BCUT2D eigenvalue weighted by Crippen LogP contribution is -2.49. The highest BCUT2D eigenvalue weighted by molar-refractivity contribution is 6.02. The van der Waals surface area contributed by atoms with Gasteiger partial charge in [-0.2, -0.15) is 5.26 Å². The molecule has 0 aliphatic carbocycles. The van der Waals surface area contributed by atoms with Gasteiger partial charge in [0.15, 0.2) is 0 Å². The number of carbonyl (C=O) groups is 2. The summed E-state index contributed by atoms with van der Waals surface area (Å²) in [6.07, 6.45) is 2.83. The number of hydrogen-bond acceptors (Lipinski definition) is 6. The van der Waals surface area contributed by atoms with E-state index in [9.17, 15) is 24.8 Å². The highest BCUT2D eigenvalue weighted by Gasteiger charge is 2.26. The first-order valence-corrected chi connectivity index (χ1v) is 12.2. The van der Waals surface area contributed by atoms with Gasteiger partial charge in [0.2, 0.25) is 5.43 Å². The number of anilines is 2. The average Bonchev–Trinajstić information content (AvgIpc) is 2.91. The molecule has 38 heavy (non-hydrogen) atoms. The summed E-state index contributed by atoms with van der Waals surface area (Å²) in [7, 11) is 3.85. The number of amides is 1. The number of aromatic nitrogens is 1. The Morgan fingerprint density at radius 2 is 1.79 bits per heavy atom. The molecule has 3 aromatic rings. The molecule has 0 spiro atoms. The molecule has 0 saturated carbocycles. The zero-order valence-electron chi connectivity index (χ0n) is 21.4. The maximum atomic E-state index is 15.1. The number of pyridine rings is 1. The lowest BCUT2D eigenvalue weighted by molar-refractivity contribution is -0.126. The Kier molecular flexibility index (Phi) is 7.48. The summed E-state index contributed by atoms with van der Waals surface area (Å²) in [5.41, 5.74) is 1.33. The second-order valence-electron chi connectivity index (χ2n) is 9.22. The quantitative estimate of drug-likeness (QED) is 0.395. The van der Waals surface area contributed by atoms with E-state index in [1.54, 1.807) is 33.4 Å². The first-order chi connectivity index (χ1) is 18.1. The highest BCUT2D eigenvalue weighted by Crippen LogP contribution is 2.27. The molecule has 1 saturated heterocycles. The van der Waals surface area contributed by atoms with Gasteiger partial charge in [-0.3, -0.25) is 9.59 Å². The van der Waals surface area contributed by atoms with Crippen molar-refractivity contribution in [3.05, 3.63) is 75.3 Å². The summed E-state index contributed by atoms with van der Waals surface area (Å²) < 4.78 is 16.7. The van der Waals surface area contributed by atoms with Crippen LogP contribution in [0.25, 0.3) is 17.0 Å². The van der Waals surface area contributed by atoms with Gasteiger partial charge in [0.1, 0.15) is 23.0 Å². The molecule has 1 fully saturated rings. The van der Waals surface area contributed by atoms with Crippen LogP contribution in [0.1, 0.15) is 22.8 Å². The maximum Gasteiger partial charge on any atom is 0.341 e. The molecule has 9 nitrogen and oxygen atoms in total. The third-order valence-corrected chi connectivity index (χ3v) is 6.70. The van der Waals surface area contributed by atoms with E-state index < -0.39 is 22.8 Å². The number of aryl methyl sites for hydroxylation is 1. The molecule has 0 radical (unpaired) electrons. The van der Waals surface area contributed by atoms with Crippen molar-refractivity contribution in [3.8, 4) is 6.07 Å². The minimum atomic E-state index is -1.36. The Bertz CT molecular complexity index is 1530. The molecule has 10 heteroatoms. The third-order valence-electron chi connectivity index (χ3n) is 6.70. The number of carboxylic acid groups (broad SMARTS) is 1. The van der Waals surface area contributed by atoms with E-state index >= 15 is 4.39 Å². The van der Waals surface area contributed by atoms with Crippen molar-refractivity contribution in [1.29, 1.82) is 5.26 Å². The summed E-state index contributed by atoms with van der Waals surface area (Å²) in [4.78, 5) is 42.4. The number of aromatic carboxylic acids is 1. The van der Waals surface area contributed by atoms with Gasteiger partial charge in [0, 0.05) is 64.1 Å². The Morgan fingerprint density at radius 3 is 2.34 bits per heavy atom. The van der Waals surface area contributed by atoms with Crippen molar-refractivity contribution < 1.29 is 19.1 Å². The molecular weight excluding hydrogens is 489 g/mol. The van der Waals surface area contributed by atoms with E-state index in [4.69, 9.17) is 0 Å². The fourth-order valence-corrected chi connectivity index (χ4v) is 4.55. The lowest BCUT2D eigenvalue weighted by Gasteiger charge is -2.36. The monoisotopic (exact) mass is 517 g/mol. The Labute approximate surface area is 219 Å². The van der Waals surface area contributed by atoms with Gasteiger partial charge in [0.25, 0.3) is 5.91 Å². The molecule has 0 atom stereocenters. The van der Waals surface area contributed by atoms with Crippen LogP contribution in [0, 0.1) is 17.1 Å². The fourth-order valence-electron chi connectivity index (χ4n) is 4.55. The van der Waals surface area contributed by atoms with E-state index in [0.29, 0.717) is 25.2 Å². The third kappa shape index (κ3) is 5.09. The number of halogens is 1. The van der Waals surface area contributed by atoms with Crippen LogP contribution >= 0.6 is 0 Å². The van der Waals surface area contributed by atoms with Crippen molar-refractivity contribution in [1.82, 2.24) is 9.47 Å². The van der Waals surface area contributed by atoms with Gasteiger partial charge < -0.3 is 24.4 Å². The first kappa shape index (κ1) is 26.4. The Morgan fingerprint density at radius 1 is 1.13 bits per heavy atom. The van der Waals surface area contributed by atoms with Gasteiger partial charge in [-0.15, -0.1) is 0 Å². The van der Waals surface area contributed by atoms with E-state index in [2.05, 4.69) is 0 Å². The number of fused-ring (bicyclic) bond motifs is 1. The number of carbonyl (C=O) groups excluding carboxylic acids is 1. The molecule has 1 N–H and O–H groups in total. The van der Waals surface area contributed by atoms with Gasteiger partial charge >= 0.3 is 5.97 Å². The predicted molar refractivity (Wildman–Crippen MR) is 144 cm³/mol. The fraction of sp³-hybridized carbons (Fsp3) is 0.286. The van der Waals surface area contributed by atoms with Gasteiger partial charge in [-0.25, -0.2) is 9.18 Å². The number of rotatable bonds is 6. The summed E-state index contributed by atoms with van der Waals surface area (Å²) in [6, 6.07) is 12.1. The van der Waals surface area contributed by atoms with E-state index in [-0.39, 0.29) is 35.6 Å². The van der Waals surface area contributed by atoms with Crippen LogP contribution in [0.4, 0.5) is 15.8 Å². The second-order valence-corrected chi connectivity index (χ2v) is 9.22. The molecule has 2 heterocycles. The molecule has 2 aromatic carbocycles. The normalized spacial score (nSPS) is 13.9. The van der Waals surface area contributed by atoms with Crippen molar-refractivity contribution >= 4 is 40.2 Å². The van der Waals surface area contributed by atoms with Crippen LogP contribution in [0.2, 0.25) is 0 Å². The zero-order valence-corrected chi connectivity index (χ0v) is 21.4. The zero-order chi connectivity index (χ0) is 27.6. The minimum Gasteiger partial charge on any atom is -0.477 e. The predicted octanol–water partition coefficient (Wildman–Crippen LogP) is 3.18. The van der Waals surface area contributed by atoms with Crippen molar-refractivity contribution in [2.45, 2.75) is 13.5 Å². The second kappa shape index (κ2) is 10.8. The van der Waals surface area contributed by atoms with Crippen molar-refractivity contribution in [3.63, 3.8) is 0 Å². The Balaban J connectivity index is 1.54. The molecule has 1 aliphatic rings. The lowest BCUT2D eigenvalue weighted by atomic mass is 10.1. The largest absolute Gasteiger partial charge is 0.477 e. The summed E-state index contributed by atoms with van der Waals surface area (Å²) in [6.45, 7) is 3.42. The van der Waals surface area contributed by atoms with Gasteiger partial charge in [-0.1, -0.05) is 12.1 Å². The number of carboxylic acids is 1. The number of nitriles is 1. The number of piperazine rings is 1. The number of hydrogen-bond donors (Lipinski definition) is 1. The van der Waals surface area contributed by atoms with Gasteiger partial charge in [0.05, 0.1) is 11.2 Å². The Hall–Kier alpha value is -4.65. The summed E-state index contributed by atoms with van der Waals surface area (Å²) in [5, 5.41) is 19.0. The van der Waals surface area contributed by atoms with Crippen LogP contribution < -0.4 is 15.2 Å². The van der Waals surface area contributed by atoms with Crippen LogP contribution in [0.15, 0.2) is 53.0 Å². The highest BCUT2D eigenvalue weighted by atomic mass is 19.1. The molecule has 0 unspecified atom stereocenters. The van der Waals surface area contributed by atoms with Crippen molar-refractivity contribution in [2.24, 2.45) is 0 Å². The molecular formula is C28H28FN5O4. The van der Waals surface area contributed by atoms with E-state index in [1.165, 1.54) is 6.20 Å². The average molecular weight is 518 g/mol. The molecule has 4 rings (SSSR count). The van der Waals surface area contributed by atoms with E-state index in [1.807, 2.05) is 49.3 Å². The minimum absolute atomic E-state index is 0.00391. The van der Waals surface area contributed by atoms with Crippen LogP contribution in [0.5, 0.6) is 0 Å². The van der Waals surface area contributed by atoms with Crippen LogP contribution in [0.3, 0.4) is 0 Å². The van der Waals surface area contributed by atoms with E-state index in [0.717, 1.165) is 17.3 Å². The van der Waals surface area contributed by atoms with Gasteiger partial charge in [-0.05, 0) is 42.8 Å². The topological polar surface area (TPSA) is 110 Å². The van der Waals surface area contributed by atoms with Crippen LogP contribution in [-0.4, -0.2) is 66.7 Å². The molecule has 1 aliphatic heterocycles. The maximum absolute atomic E-state index is 15.1. The number of nitrogens with zero attached hydrogens (tertiary/aromatic N) is 5. The van der Waals surface area contributed by atoms with Crippen molar-refractivity contribution in [2.75, 3.05) is 50.1 Å². The molecule has 1 amide bonds. The smallest absolute Gasteiger partial charge is 0.341 e. The number of benzene rings is 2. The standard InChI is InChI=1S/C28H28FN5O4/c1-4-32-17-22(28(37)38)26(35)21-14-23(29)25(15-24(21)32)33-9-11-34(12-10-33)27(36)19(16-30)13-18-5-7-20(8-6-18)31(2)3/h5-8,13-15,17H,4,9-12H2,1-3H3,(H,37,38). The van der Waals surface area contributed by atoms with Crippen LogP contribution in [-0.2, 0) is 11.3 Å². The SMILES string of the molecule is CCn1cc(C(=O)O)c(=O)c2cc(F)c(N3CCN(C(=O)C(C#N)=Cc4ccc(N(C)C)cc4)CC3)cc21. The molecule has 196 valence electrons.